The van der Waals surface area contributed by atoms with Gasteiger partial charge >= 0.3 is 0 Å². The highest BCUT2D eigenvalue weighted by atomic mass is 16.5. The number of carbonyl (C=O) groups is 2. The Bertz CT molecular complexity index is 848. The minimum Gasteiger partial charge on any atom is -0.497 e. The molecular weight excluding hydrogens is 360 g/mol. The second-order valence-corrected chi connectivity index (χ2v) is 6.68. The monoisotopic (exact) mass is 384 g/mol. The van der Waals surface area contributed by atoms with Crippen LogP contribution in [0.4, 0.5) is 11.4 Å². The van der Waals surface area contributed by atoms with Crippen molar-refractivity contribution >= 4 is 23.2 Å². The third kappa shape index (κ3) is 4.54. The Labute approximate surface area is 164 Å². The van der Waals surface area contributed by atoms with Gasteiger partial charge in [-0.25, -0.2) is 0 Å². The zero-order valence-corrected chi connectivity index (χ0v) is 16.2. The van der Waals surface area contributed by atoms with E-state index in [0.29, 0.717) is 36.0 Å². The summed E-state index contributed by atoms with van der Waals surface area (Å²) in [4.78, 5) is 25.9. The number of hydrogen-bond donors (Lipinski definition) is 1. The highest BCUT2D eigenvalue weighted by Gasteiger charge is 2.26. The third-order valence-electron chi connectivity index (χ3n) is 4.34. The Morgan fingerprint density at radius 1 is 1.18 bits per heavy atom. The van der Waals surface area contributed by atoms with Crippen LogP contribution in [0.25, 0.3) is 0 Å². The van der Waals surface area contributed by atoms with Gasteiger partial charge in [0.25, 0.3) is 5.91 Å². The maximum Gasteiger partial charge on any atom is 0.265 e. The van der Waals surface area contributed by atoms with E-state index in [9.17, 15) is 9.59 Å². The van der Waals surface area contributed by atoms with Crippen LogP contribution in [0.15, 0.2) is 42.5 Å². The summed E-state index contributed by atoms with van der Waals surface area (Å²) in [6.45, 7) is 4.31. The zero-order valence-electron chi connectivity index (χ0n) is 16.2. The van der Waals surface area contributed by atoms with Crippen LogP contribution in [0.1, 0.15) is 13.8 Å². The number of nitrogens with one attached hydrogen (secondary N) is 1. The highest BCUT2D eigenvalue weighted by Crippen LogP contribution is 2.34. The average molecular weight is 384 g/mol. The van der Waals surface area contributed by atoms with Crippen molar-refractivity contribution < 1.29 is 23.8 Å². The van der Waals surface area contributed by atoms with Gasteiger partial charge in [-0.15, -0.1) is 0 Å². The lowest BCUT2D eigenvalue weighted by atomic mass is 10.1. The van der Waals surface area contributed by atoms with Gasteiger partial charge in [0.05, 0.1) is 19.3 Å². The van der Waals surface area contributed by atoms with E-state index in [1.165, 1.54) is 0 Å². The molecule has 7 nitrogen and oxygen atoms in total. The molecule has 0 saturated carbocycles. The summed E-state index contributed by atoms with van der Waals surface area (Å²) in [6.07, 6.45) is 0. The van der Waals surface area contributed by atoms with E-state index < -0.39 is 0 Å². The molecule has 0 bridgehead atoms. The quantitative estimate of drug-likeness (QED) is 0.794. The van der Waals surface area contributed by atoms with Crippen LogP contribution in [-0.2, 0) is 9.59 Å². The van der Waals surface area contributed by atoms with E-state index in [-0.39, 0.29) is 24.3 Å². The predicted octanol–water partition coefficient (Wildman–Crippen LogP) is 3.09. The lowest BCUT2D eigenvalue weighted by Gasteiger charge is -2.29. The molecule has 28 heavy (non-hydrogen) atoms. The fourth-order valence-electron chi connectivity index (χ4n) is 2.74. The molecule has 1 aliphatic rings. The van der Waals surface area contributed by atoms with E-state index in [2.05, 4.69) is 5.32 Å². The van der Waals surface area contributed by atoms with Gasteiger partial charge in [0.2, 0.25) is 5.91 Å². The number of hydrogen-bond acceptors (Lipinski definition) is 5. The number of benzene rings is 2. The molecular formula is C21H24N2O5. The summed E-state index contributed by atoms with van der Waals surface area (Å²) >= 11 is 0. The minimum absolute atomic E-state index is 0.0206. The molecule has 1 N–H and O–H groups in total. The molecule has 3 rings (SSSR count). The van der Waals surface area contributed by atoms with Crippen molar-refractivity contribution in [3.8, 4) is 17.2 Å². The second-order valence-electron chi connectivity index (χ2n) is 6.68. The van der Waals surface area contributed by atoms with Gasteiger partial charge in [0, 0.05) is 11.6 Å². The number of ether oxygens (including phenoxy) is 3. The molecule has 0 fully saturated rings. The molecule has 2 amide bonds. The Hall–Kier alpha value is -3.22. The first kappa shape index (κ1) is 19.5. The first-order chi connectivity index (χ1) is 13.5. The Balaban J connectivity index is 1.69. The standard InChI is InChI=1S/C21H24N2O5/c1-14(2)21(25)22-15-4-9-19-18(12-15)23(20(24)13-28-19)10-11-27-17-7-5-16(26-3)6-8-17/h4-9,12,14H,10-11,13H2,1-3H3,(H,22,25). The summed E-state index contributed by atoms with van der Waals surface area (Å²) in [7, 11) is 1.61. The zero-order chi connectivity index (χ0) is 20.1. The van der Waals surface area contributed by atoms with Gasteiger partial charge in [-0.3, -0.25) is 9.59 Å². The first-order valence-electron chi connectivity index (χ1n) is 9.13. The SMILES string of the molecule is COc1ccc(OCCN2C(=O)COc3ccc(NC(=O)C(C)C)cc32)cc1. The third-order valence-corrected chi connectivity index (χ3v) is 4.34. The van der Waals surface area contributed by atoms with Crippen LogP contribution in [0.5, 0.6) is 17.2 Å². The molecule has 0 atom stereocenters. The molecule has 1 aliphatic heterocycles. The van der Waals surface area contributed by atoms with Crippen LogP contribution in [0.3, 0.4) is 0 Å². The van der Waals surface area contributed by atoms with Crippen molar-refractivity contribution in [1.82, 2.24) is 0 Å². The normalized spacial score (nSPS) is 13.0. The largest absolute Gasteiger partial charge is 0.497 e. The van der Waals surface area contributed by atoms with E-state index in [0.717, 1.165) is 5.75 Å². The Morgan fingerprint density at radius 3 is 2.57 bits per heavy atom. The molecule has 148 valence electrons. The number of amides is 2. The van der Waals surface area contributed by atoms with Crippen molar-refractivity contribution in [3.05, 3.63) is 42.5 Å². The molecule has 0 spiro atoms. The maximum atomic E-state index is 12.4. The van der Waals surface area contributed by atoms with Crippen LogP contribution >= 0.6 is 0 Å². The number of rotatable bonds is 7. The lowest BCUT2D eigenvalue weighted by Crippen LogP contribution is -2.41. The van der Waals surface area contributed by atoms with Crippen molar-refractivity contribution in [3.63, 3.8) is 0 Å². The lowest BCUT2D eigenvalue weighted by molar-refractivity contribution is -0.121. The van der Waals surface area contributed by atoms with Gasteiger partial charge in [0.1, 0.15) is 23.9 Å². The molecule has 7 heteroatoms. The summed E-state index contributed by atoms with van der Waals surface area (Å²) in [5.74, 6) is 1.67. The van der Waals surface area contributed by atoms with Crippen molar-refractivity contribution in [2.75, 3.05) is 37.1 Å². The topological polar surface area (TPSA) is 77.1 Å². The van der Waals surface area contributed by atoms with Gasteiger partial charge in [-0.05, 0) is 42.5 Å². The molecule has 0 radical (unpaired) electrons. The summed E-state index contributed by atoms with van der Waals surface area (Å²) in [5.41, 5.74) is 1.24. The summed E-state index contributed by atoms with van der Waals surface area (Å²) < 4.78 is 16.4. The molecule has 0 aliphatic carbocycles. The molecule has 0 saturated heterocycles. The summed E-state index contributed by atoms with van der Waals surface area (Å²) in [5, 5.41) is 2.84. The second kappa shape index (κ2) is 8.65. The van der Waals surface area contributed by atoms with Crippen LogP contribution in [0, 0.1) is 5.92 Å². The maximum absolute atomic E-state index is 12.4. The van der Waals surface area contributed by atoms with Crippen LogP contribution in [0.2, 0.25) is 0 Å². The summed E-state index contributed by atoms with van der Waals surface area (Å²) in [6, 6.07) is 12.5. The molecule has 2 aromatic rings. The molecule has 2 aromatic carbocycles. The molecule has 1 heterocycles. The number of methoxy groups -OCH3 is 1. The van der Waals surface area contributed by atoms with Gasteiger partial charge in [0.15, 0.2) is 6.61 Å². The average Bonchev–Trinajstić information content (AvgIpc) is 2.70. The highest BCUT2D eigenvalue weighted by molar-refractivity contribution is 5.99. The van der Waals surface area contributed by atoms with E-state index >= 15 is 0 Å². The number of fused-ring (bicyclic) bond motifs is 1. The molecule has 0 aromatic heterocycles. The Kier molecular flexibility index (Phi) is 6.03. The smallest absolute Gasteiger partial charge is 0.265 e. The van der Waals surface area contributed by atoms with Crippen molar-refractivity contribution in [1.29, 1.82) is 0 Å². The number of nitrogens with zero attached hydrogens (tertiary/aromatic N) is 1. The molecule has 0 unspecified atom stereocenters. The van der Waals surface area contributed by atoms with E-state index in [1.807, 2.05) is 38.1 Å². The van der Waals surface area contributed by atoms with Gasteiger partial charge in [-0.2, -0.15) is 0 Å². The van der Waals surface area contributed by atoms with Crippen molar-refractivity contribution in [2.24, 2.45) is 5.92 Å². The fraction of sp³-hybridized carbons (Fsp3) is 0.333. The minimum atomic E-state index is -0.154. The van der Waals surface area contributed by atoms with Crippen molar-refractivity contribution in [2.45, 2.75) is 13.8 Å². The van der Waals surface area contributed by atoms with E-state index in [1.54, 1.807) is 30.2 Å². The number of carbonyl (C=O) groups excluding carboxylic acids is 2. The van der Waals surface area contributed by atoms with Crippen LogP contribution in [-0.4, -0.2) is 38.7 Å². The fourth-order valence-corrected chi connectivity index (χ4v) is 2.74. The van der Waals surface area contributed by atoms with E-state index in [4.69, 9.17) is 14.2 Å². The van der Waals surface area contributed by atoms with Gasteiger partial charge in [-0.1, -0.05) is 13.8 Å². The number of anilines is 2. The predicted molar refractivity (Wildman–Crippen MR) is 106 cm³/mol. The first-order valence-corrected chi connectivity index (χ1v) is 9.13. The van der Waals surface area contributed by atoms with Gasteiger partial charge < -0.3 is 24.4 Å². The Morgan fingerprint density at radius 2 is 1.89 bits per heavy atom. The van der Waals surface area contributed by atoms with Crippen LogP contribution < -0.4 is 24.4 Å².